The summed E-state index contributed by atoms with van der Waals surface area (Å²) in [5.41, 5.74) is -0.653. The number of para-hydroxylation sites is 1. The first-order valence-electron chi connectivity index (χ1n) is 11.0. The number of benzene rings is 2. The molecule has 1 saturated carbocycles. The second kappa shape index (κ2) is 10.5. The highest BCUT2D eigenvalue weighted by Gasteiger charge is 2.55. The van der Waals surface area contributed by atoms with Gasteiger partial charge in [0.1, 0.15) is 17.9 Å². The van der Waals surface area contributed by atoms with E-state index < -0.39 is 52.5 Å². The zero-order valence-electron chi connectivity index (χ0n) is 19.0. The van der Waals surface area contributed by atoms with Gasteiger partial charge in [0, 0.05) is 21.3 Å². The van der Waals surface area contributed by atoms with E-state index in [0.717, 1.165) is 11.1 Å². The lowest BCUT2D eigenvalue weighted by Crippen LogP contribution is -2.52. The second-order valence-electron chi connectivity index (χ2n) is 8.50. The van der Waals surface area contributed by atoms with Crippen LogP contribution in [0.25, 0.3) is 0 Å². The molecule has 2 aromatic carbocycles. The first-order valence-corrected chi connectivity index (χ1v) is 12.9. The average molecular weight is 623 g/mol. The number of ether oxygens (including phenoxy) is 1. The lowest BCUT2D eigenvalue weighted by molar-refractivity contribution is -0.385. The SMILES string of the molecule is COc1cccc(C(=O)CN(C(=O)c2ccccc2[N+](=O)[O-])N2C(=O)[C@H]3C[C@H](Br)[C@@H](Br)C[C@H]3C2=O)c1. The molecule has 12 heteroatoms. The van der Waals surface area contributed by atoms with Gasteiger partial charge in [-0.3, -0.25) is 29.3 Å². The molecule has 1 heterocycles. The standard InChI is InChI=1S/C24H21Br2N3O7/c1-36-14-6-4-5-13(9-14)21(30)12-27(22(31)15-7-2-3-8-20(15)29(34)35)28-23(32)16-10-18(25)19(26)11-17(16)24(28)33/h2-9,16-19H,10-12H2,1H3/t16-,17+,18-,19-/m0/s1. The van der Waals surface area contributed by atoms with Crippen molar-refractivity contribution in [1.29, 1.82) is 0 Å². The van der Waals surface area contributed by atoms with Crippen molar-refractivity contribution in [3.05, 3.63) is 69.8 Å². The van der Waals surface area contributed by atoms with Crippen molar-refractivity contribution in [2.24, 2.45) is 11.8 Å². The molecule has 2 aromatic rings. The maximum absolute atomic E-state index is 13.7. The number of Topliss-reactive ketones (excluding diaryl/α,β-unsaturated/α-hetero) is 1. The molecule has 0 radical (unpaired) electrons. The first kappa shape index (κ1) is 26.0. The van der Waals surface area contributed by atoms with Crippen LogP contribution in [0.1, 0.15) is 33.6 Å². The highest BCUT2D eigenvalue weighted by Crippen LogP contribution is 2.44. The normalized spacial score (nSPS) is 23.2. The summed E-state index contributed by atoms with van der Waals surface area (Å²) in [5.74, 6) is -3.74. The number of hydrazine groups is 1. The van der Waals surface area contributed by atoms with Crippen LogP contribution in [-0.2, 0) is 9.59 Å². The van der Waals surface area contributed by atoms with E-state index in [1.54, 1.807) is 12.1 Å². The molecule has 1 saturated heterocycles. The molecule has 4 atom stereocenters. The summed E-state index contributed by atoms with van der Waals surface area (Å²) in [6.07, 6.45) is 0.720. The maximum atomic E-state index is 13.7. The van der Waals surface area contributed by atoms with Crippen molar-refractivity contribution in [3.8, 4) is 5.75 Å². The quantitative estimate of drug-likeness (QED) is 0.151. The maximum Gasteiger partial charge on any atom is 0.282 e. The summed E-state index contributed by atoms with van der Waals surface area (Å²) in [6.45, 7) is -0.676. The number of amides is 3. The van der Waals surface area contributed by atoms with Crippen molar-refractivity contribution in [3.63, 3.8) is 0 Å². The summed E-state index contributed by atoms with van der Waals surface area (Å²) in [4.78, 5) is 64.5. The van der Waals surface area contributed by atoms with E-state index in [2.05, 4.69) is 31.9 Å². The Bertz CT molecular complexity index is 1230. The number of imide groups is 1. The minimum Gasteiger partial charge on any atom is -0.497 e. The van der Waals surface area contributed by atoms with Crippen LogP contribution in [0.2, 0.25) is 0 Å². The molecule has 0 aromatic heterocycles. The van der Waals surface area contributed by atoms with Gasteiger partial charge in [-0.05, 0) is 31.0 Å². The van der Waals surface area contributed by atoms with E-state index in [1.165, 1.54) is 37.4 Å². The number of fused-ring (bicyclic) bond motifs is 1. The Balaban J connectivity index is 1.75. The van der Waals surface area contributed by atoms with Gasteiger partial charge >= 0.3 is 0 Å². The highest BCUT2D eigenvalue weighted by atomic mass is 79.9. The van der Waals surface area contributed by atoms with Crippen LogP contribution in [0.15, 0.2) is 48.5 Å². The Labute approximate surface area is 222 Å². The third-order valence-corrected chi connectivity index (χ3v) is 9.11. The molecule has 0 bridgehead atoms. The van der Waals surface area contributed by atoms with Crippen molar-refractivity contribution in [1.82, 2.24) is 10.0 Å². The Kier molecular flexibility index (Phi) is 7.55. The monoisotopic (exact) mass is 621 g/mol. The number of hydrogen-bond acceptors (Lipinski definition) is 7. The molecule has 0 unspecified atom stereocenters. The van der Waals surface area contributed by atoms with Crippen LogP contribution in [0.3, 0.4) is 0 Å². The number of methoxy groups -OCH3 is 1. The van der Waals surface area contributed by atoms with Gasteiger partial charge in [0.2, 0.25) is 0 Å². The first-order chi connectivity index (χ1) is 17.1. The fourth-order valence-electron chi connectivity index (χ4n) is 4.53. The Hall–Kier alpha value is -3.12. The van der Waals surface area contributed by atoms with Gasteiger partial charge in [0.25, 0.3) is 23.4 Å². The number of carbonyl (C=O) groups excluding carboxylic acids is 4. The van der Waals surface area contributed by atoms with E-state index in [0.29, 0.717) is 23.6 Å². The molecule has 0 N–H and O–H groups in total. The topological polar surface area (TPSA) is 127 Å². The molecule has 4 rings (SSSR count). The zero-order chi connectivity index (χ0) is 26.1. The van der Waals surface area contributed by atoms with Crippen LogP contribution in [-0.4, -0.2) is 61.8 Å². The van der Waals surface area contributed by atoms with Crippen molar-refractivity contribution in [2.45, 2.75) is 22.5 Å². The number of rotatable bonds is 7. The zero-order valence-corrected chi connectivity index (χ0v) is 22.2. The molecule has 3 amide bonds. The number of hydrogen-bond donors (Lipinski definition) is 0. The molecule has 10 nitrogen and oxygen atoms in total. The van der Waals surface area contributed by atoms with Crippen LogP contribution in [0, 0.1) is 22.0 Å². The Morgan fingerprint density at radius 1 is 1.06 bits per heavy atom. The Morgan fingerprint density at radius 3 is 2.25 bits per heavy atom. The number of nitrogens with zero attached hydrogens (tertiary/aromatic N) is 3. The summed E-state index contributed by atoms with van der Waals surface area (Å²) in [5, 5.41) is 13.0. The van der Waals surface area contributed by atoms with Gasteiger partial charge in [0.05, 0.1) is 23.9 Å². The van der Waals surface area contributed by atoms with Gasteiger partial charge in [-0.2, -0.15) is 5.01 Å². The van der Waals surface area contributed by atoms with Crippen LogP contribution >= 0.6 is 31.9 Å². The number of carbonyl (C=O) groups is 4. The van der Waals surface area contributed by atoms with E-state index in [-0.39, 0.29) is 20.8 Å². The molecule has 36 heavy (non-hydrogen) atoms. The fourth-order valence-corrected chi connectivity index (χ4v) is 5.76. The lowest BCUT2D eigenvalue weighted by atomic mass is 9.81. The molecule has 1 aliphatic heterocycles. The van der Waals surface area contributed by atoms with Crippen molar-refractivity contribution < 1.29 is 28.8 Å². The number of nitro benzene ring substituents is 1. The van der Waals surface area contributed by atoms with E-state index >= 15 is 0 Å². The molecular formula is C24H21Br2N3O7. The molecule has 0 spiro atoms. The summed E-state index contributed by atoms with van der Waals surface area (Å²) < 4.78 is 5.15. The van der Waals surface area contributed by atoms with Crippen LogP contribution < -0.4 is 4.74 Å². The van der Waals surface area contributed by atoms with Gasteiger partial charge in [0.15, 0.2) is 5.78 Å². The fraction of sp³-hybridized carbons (Fsp3) is 0.333. The molecular weight excluding hydrogens is 602 g/mol. The highest BCUT2D eigenvalue weighted by molar-refractivity contribution is 9.12. The predicted molar refractivity (Wildman–Crippen MR) is 135 cm³/mol. The third-order valence-electron chi connectivity index (χ3n) is 6.38. The second-order valence-corrected chi connectivity index (χ2v) is 10.8. The minimum atomic E-state index is -0.996. The number of ketones is 1. The minimum absolute atomic E-state index is 0.0618. The van der Waals surface area contributed by atoms with Gasteiger partial charge in [-0.1, -0.05) is 56.1 Å². The van der Waals surface area contributed by atoms with E-state index in [1.807, 2.05) is 0 Å². The van der Waals surface area contributed by atoms with Gasteiger partial charge in [-0.25, -0.2) is 5.01 Å². The lowest BCUT2D eigenvalue weighted by Gasteiger charge is -2.30. The van der Waals surface area contributed by atoms with Gasteiger partial charge < -0.3 is 4.74 Å². The summed E-state index contributed by atoms with van der Waals surface area (Å²) >= 11 is 7.04. The molecule has 1 aliphatic carbocycles. The Morgan fingerprint density at radius 2 is 1.67 bits per heavy atom. The van der Waals surface area contributed by atoms with Gasteiger partial charge in [-0.15, -0.1) is 0 Å². The molecule has 2 fully saturated rings. The van der Waals surface area contributed by atoms with Crippen molar-refractivity contribution >= 4 is 61.1 Å². The summed E-state index contributed by atoms with van der Waals surface area (Å²) in [6, 6.07) is 11.4. The smallest absolute Gasteiger partial charge is 0.282 e. The van der Waals surface area contributed by atoms with E-state index in [4.69, 9.17) is 4.74 Å². The molecule has 2 aliphatic rings. The predicted octanol–water partition coefficient (Wildman–Crippen LogP) is 3.77. The van der Waals surface area contributed by atoms with Crippen LogP contribution in [0.5, 0.6) is 5.75 Å². The van der Waals surface area contributed by atoms with Crippen molar-refractivity contribution in [2.75, 3.05) is 13.7 Å². The number of halogens is 2. The third kappa shape index (κ3) is 4.79. The van der Waals surface area contributed by atoms with Crippen LogP contribution in [0.4, 0.5) is 5.69 Å². The number of alkyl halides is 2. The average Bonchev–Trinajstić information content (AvgIpc) is 3.11. The number of nitro groups is 1. The largest absolute Gasteiger partial charge is 0.497 e. The summed E-state index contributed by atoms with van der Waals surface area (Å²) in [7, 11) is 1.44. The molecule has 188 valence electrons. The van der Waals surface area contributed by atoms with E-state index in [9.17, 15) is 29.3 Å².